The molecular weight excluding hydrogens is 142 g/mol. The third-order valence-electron chi connectivity index (χ3n) is 1.73. The molecule has 0 bridgehead atoms. The van der Waals surface area contributed by atoms with Crippen molar-refractivity contribution in [1.82, 2.24) is 0 Å². The van der Waals surface area contributed by atoms with Crippen LogP contribution in [0.5, 0.6) is 0 Å². The summed E-state index contributed by atoms with van der Waals surface area (Å²) in [5, 5.41) is 8.63. The predicted octanol–water partition coefficient (Wildman–Crippen LogP) is 1.22. The smallest absolute Gasteiger partial charge is 0.323 e. The predicted molar refractivity (Wildman–Crippen MR) is 44.3 cm³/mol. The maximum absolute atomic E-state index is 10.5. The van der Waals surface area contributed by atoms with E-state index in [0.29, 0.717) is 12.3 Å². The van der Waals surface area contributed by atoms with Crippen LogP contribution in [0.15, 0.2) is 0 Å². The van der Waals surface area contributed by atoms with Crippen LogP contribution in [0.3, 0.4) is 0 Å². The molecule has 0 aromatic carbocycles. The van der Waals surface area contributed by atoms with Gasteiger partial charge in [-0.25, -0.2) is 0 Å². The van der Waals surface area contributed by atoms with Crippen molar-refractivity contribution in [2.75, 3.05) is 0 Å². The molecule has 0 aliphatic carbocycles. The number of carboxylic acids is 1. The topological polar surface area (TPSA) is 63.3 Å². The number of aliphatic carboxylic acids is 1. The normalized spacial score (nSPS) is 16.5. The highest BCUT2D eigenvalue weighted by molar-refractivity contribution is 5.77. The average Bonchev–Trinajstić information content (AvgIpc) is 1.84. The fourth-order valence-electron chi connectivity index (χ4n) is 0.695. The molecule has 0 saturated carbocycles. The van der Waals surface area contributed by atoms with E-state index in [9.17, 15) is 4.79 Å². The molecule has 0 spiro atoms. The Balaban J connectivity index is 3.83. The van der Waals surface area contributed by atoms with Crippen molar-refractivity contribution < 1.29 is 9.90 Å². The lowest BCUT2D eigenvalue weighted by Gasteiger charge is -2.19. The summed E-state index contributed by atoms with van der Waals surface area (Å²) in [6.45, 7) is 5.66. The minimum absolute atomic E-state index is 0.511. The molecule has 0 amide bonds. The Hall–Kier alpha value is -0.570. The molecule has 0 heterocycles. The molecule has 11 heavy (non-hydrogen) atoms. The Morgan fingerprint density at radius 2 is 2.09 bits per heavy atom. The van der Waals surface area contributed by atoms with Gasteiger partial charge in [-0.05, 0) is 25.7 Å². The Bertz CT molecular complexity index is 141. The molecule has 0 aromatic rings. The van der Waals surface area contributed by atoms with Crippen molar-refractivity contribution in [1.29, 1.82) is 0 Å². The van der Waals surface area contributed by atoms with Crippen LogP contribution in [-0.4, -0.2) is 16.6 Å². The molecule has 0 radical (unpaired) electrons. The summed E-state index contributed by atoms with van der Waals surface area (Å²) in [7, 11) is 0. The molecule has 3 nitrogen and oxygen atoms in total. The van der Waals surface area contributed by atoms with Crippen LogP contribution in [0, 0.1) is 5.92 Å². The van der Waals surface area contributed by atoms with E-state index in [2.05, 4.69) is 13.8 Å². The van der Waals surface area contributed by atoms with E-state index < -0.39 is 11.5 Å². The number of carboxylic acid groups (broad SMARTS) is 1. The van der Waals surface area contributed by atoms with Crippen LogP contribution in [0.25, 0.3) is 0 Å². The Morgan fingerprint density at radius 3 is 2.36 bits per heavy atom. The summed E-state index contributed by atoms with van der Waals surface area (Å²) < 4.78 is 0. The van der Waals surface area contributed by atoms with Gasteiger partial charge in [0.15, 0.2) is 0 Å². The van der Waals surface area contributed by atoms with Crippen LogP contribution in [0.1, 0.15) is 33.6 Å². The zero-order chi connectivity index (χ0) is 9.07. The third kappa shape index (κ3) is 3.98. The average molecular weight is 159 g/mol. The van der Waals surface area contributed by atoms with Gasteiger partial charge < -0.3 is 10.8 Å². The molecule has 0 aromatic heterocycles. The van der Waals surface area contributed by atoms with Crippen LogP contribution in [0.2, 0.25) is 0 Å². The molecule has 0 aliphatic rings. The van der Waals surface area contributed by atoms with Gasteiger partial charge in [-0.1, -0.05) is 13.8 Å². The van der Waals surface area contributed by atoms with Gasteiger partial charge in [0.1, 0.15) is 5.54 Å². The molecule has 0 rings (SSSR count). The van der Waals surface area contributed by atoms with E-state index in [1.807, 2.05) is 0 Å². The molecule has 66 valence electrons. The fourth-order valence-corrected chi connectivity index (χ4v) is 0.695. The first-order chi connectivity index (χ1) is 4.86. The van der Waals surface area contributed by atoms with E-state index >= 15 is 0 Å². The van der Waals surface area contributed by atoms with E-state index in [1.54, 1.807) is 6.92 Å². The molecule has 0 fully saturated rings. The largest absolute Gasteiger partial charge is 0.480 e. The molecule has 0 aliphatic heterocycles. The van der Waals surface area contributed by atoms with Crippen molar-refractivity contribution in [2.45, 2.75) is 39.2 Å². The summed E-state index contributed by atoms with van der Waals surface area (Å²) in [4.78, 5) is 10.5. The van der Waals surface area contributed by atoms with E-state index in [-0.39, 0.29) is 0 Å². The van der Waals surface area contributed by atoms with Gasteiger partial charge in [-0.2, -0.15) is 0 Å². The first-order valence-corrected chi connectivity index (χ1v) is 3.88. The first kappa shape index (κ1) is 10.4. The highest BCUT2D eigenvalue weighted by Gasteiger charge is 2.27. The van der Waals surface area contributed by atoms with Crippen LogP contribution in [0.4, 0.5) is 0 Å². The number of nitrogens with two attached hydrogens (primary N) is 1. The summed E-state index contributed by atoms with van der Waals surface area (Å²) in [5.74, 6) is -0.407. The quantitative estimate of drug-likeness (QED) is 0.648. The van der Waals surface area contributed by atoms with Crippen molar-refractivity contribution in [2.24, 2.45) is 11.7 Å². The van der Waals surface area contributed by atoms with E-state index in [0.717, 1.165) is 6.42 Å². The standard InChI is InChI=1S/C8H17NO2/c1-6(2)4-5-8(3,9)7(10)11/h6H,4-5,9H2,1-3H3,(H,10,11). The van der Waals surface area contributed by atoms with Gasteiger partial charge in [0.05, 0.1) is 0 Å². The van der Waals surface area contributed by atoms with Gasteiger partial charge in [-0.3, -0.25) is 4.79 Å². The lowest BCUT2D eigenvalue weighted by molar-refractivity contribution is -0.143. The van der Waals surface area contributed by atoms with Gasteiger partial charge >= 0.3 is 5.97 Å². The Kier molecular flexibility index (Phi) is 3.52. The number of carbonyl (C=O) groups is 1. The van der Waals surface area contributed by atoms with Gasteiger partial charge in [-0.15, -0.1) is 0 Å². The summed E-state index contributed by atoms with van der Waals surface area (Å²) >= 11 is 0. The minimum Gasteiger partial charge on any atom is -0.480 e. The lowest BCUT2D eigenvalue weighted by Crippen LogP contribution is -2.44. The SMILES string of the molecule is CC(C)CCC(C)(N)C(=O)O. The second-order valence-electron chi connectivity index (χ2n) is 3.66. The maximum Gasteiger partial charge on any atom is 0.323 e. The molecule has 0 saturated heterocycles. The van der Waals surface area contributed by atoms with E-state index in [1.165, 1.54) is 0 Å². The molecule has 3 heteroatoms. The molecule has 1 unspecified atom stereocenters. The fraction of sp³-hybridized carbons (Fsp3) is 0.875. The van der Waals surface area contributed by atoms with Gasteiger partial charge in [0.25, 0.3) is 0 Å². The van der Waals surface area contributed by atoms with Gasteiger partial charge in [0, 0.05) is 0 Å². The number of rotatable bonds is 4. The summed E-state index contributed by atoms with van der Waals surface area (Å²) in [6.07, 6.45) is 1.40. The lowest BCUT2D eigenvalue weighted by atomic mass is 9.93. The van der Waals surface area contributed by atoms with Crippen molar-refractivity contribution in [3.8, 4) is 0 Å². The molecular formula is C8H17NO2. The van der Waals surface area contributed by atoms with Gasteiger partial charge in [0.2, 0.25) is 0 Å². The van der Waals surface area contributed by atoms with Crippen LogP contribution >= 0.6 is 0 Å². The number of hydrogen-bond donors (Lipinski definition) is 2. The Morgan fingerprint density at radius 1 is 1.64 bits per heavy atom. The summed E-state index contributed by atoms with van der Waals surface area (Å²) in [6, 6.07) is 0. The summed E-state index contributed by atoms with van der Waals surface area (Å²) in [5.41, 5.74) is 4.46. The molecule has 1 atom stereocenters. The second-order valence-corrected chi connectivity index (χ2v) is 3.66. The number of hydrogen-bond acceptors (Lipinski definition) is 2. The second kappa shape index (κ2) is 3.72. The third-order valence-corrected chi connectivity index (χ3v) is 1.73. The van der Waals surface area contributed by atoms with E-state index in [4.69, 9.17) is 10.8 Å². The highest BCUT2D eigenvalue weighted by Crippen LogP contribution is 2.13. The zero-order valence-electron chi connectivity index (χ0n) is 7.42. The van der Waals surface area contributed by atoms with Crippen molar-refractivity contribution in [3.05, 3.63) is 0 Å². The zero-order valence-corrected chi connectivity index (χ0v) is 7.42. The minimum atomic E-state index is -1.05. The van der Waals surface area contributed by atoms with Crippen molar-refractivity contribution >= 4 is 5.97 Å². The van der Waals surface area contributed by atoms with Crippen molar-refractivity contribution in [3.63, 3.8) is 0 Å². The highest BCUT2D eigenvalue weighted by atomic mass is 16.4. The Labute approximate surface area is 67.6 Å². The van der Waals surface area contributed by atoms with Crippen LogP contribution < -0.4 is 5.73 Å². The molecule has 3 N–H and O–H groups in total. The first-order valence-electron chi connectivity index (χ1n) is 3.88. The maximum atomic E-state index is 10.5. The monoisotopic (exact) mass is 159 g/mol. The van der Waals surface area contributed by atoms with Crippen LogP contribution in [-0.2, 0) is 4.79 Å².